The monoisotopic (exact) mass is 414 g/mol. The van der Waals surface area contributed by atoms with Crippen LogP contribution in [0.4, 0.5) is 0 Å². The van der Waals surface area contributed by atoms with Crippen LogP contribution in [-0.2, 0) is 30.3 Å². The number of alkyl halides is 1. The first kappa shape index (κ1) is 19.3. The number of rotatable bonds is 7. The second kappa shape index (κ2) is 8.46. The van der Waals surface area contributed by atoms with Crippen LogP contribution in [0.15, 0.2) is 30.3 Å². The molecule has 0 bridgehead atoms. The minimum absolute atomic E-state index is 0.114. The SMILES string of the molecule is C[C@@H]1O[C@@H](OCCCBr)[C@@H](OCc2ccccc2)[C@@H]2OC(C)(C)O[C@@H]21. The normalized spacial score (nSPS) is 34.0. The zero-order valence-electron chi connectivity index (χ0n) is 15.0. The molecular weight excluding hydrogens is 388 g/mol. The summed E-state index contributed by atoms with van der Waals surface area (Å²) in [6.07, 6.45) is -0.369. The van der Waals surface area contributed by atoms with Gasteiger partial charge in [0.05, 0.1) is 19.3 Å². The minimum atomic E-state index is -0.647. The molecule has 0 unspecified atom stereocenters. The van der Waals surface area contributed by atoms with E-state index in [0.29, 0.717) is 13.2 Å². The molecule has 5 nitrogen and oxygen atoms in total. The van der Waals surface area contributed by atoms with E-state index in [1.54, 1.807) is 0 Å². The van der Waals surface area contributed by atoms with Crippen LogP contribution in [0.25, 0.3) is 0 Å². The second-order valence-corrected chi connectivity index (χ2v) is 7.74. The van der Waals surface area contributed by atoms with Gasteiger partial charge < -0.3 is 23.7 Å². The summed E-state index contributed by atoms with van der Waals surface area (Å²) in [5.41, 5.74) is 1.11. The summed E-state index contributed by atoms with van der Waals surface area (Å²) in [4.78, 5) is 0. The van der Waals surface area contributed by atoms with E-state index in [4.69, 9.17) is 23.7 Å². The van der Waals surface area contributed by atoms with Gasteiger partial charge in [0.1, 0.15) is 18.3 Å². The van der Waals surface area contributed by atoms with Crippen LogP contribution in [0, 0.1) is 0 Å². The summed E-state index contributed by atoms with van der Waals surface area (Å²) < 4.78 is 30.4. The molecule has 2 heterocycles. The fourth-order valence-electron chi connectivity index (χ4n) is 3.28. The first-order chi connectivity index (χ1) is 12.0. The number of hydrogen-bond donors (Lipinski definition) is 0. The highest BCUT2D eigenvalue weighted by molar-refractivity contribution is 9.09. The van der Waals surface area contributed by atoms with Crippen molar-refractivity contribution in [1.29, 1.82) is 0 Å². The molecule has 0 radical (unpaired) electrons. The highest BCUT2D eigenvalue weighted by Crippen LogP contribution is 2.39. The standard InChI is InChI=1S/C19H27BrO5/c1-13-15-16(25-19(2,3)24-15)17(18(23-13)21-11-7-10-20)22-12-14-8-5-4-6-9-14/h4-6,8-9,13,15-18H,7,10-12H2,1-3H3/t13-,15+,16+,17-,18+/m0/s1. The van der Waals surface area contributed by atoms with Gasteiger partial charge in [-0.15, -0.1) is 0 Å². The molecule has 0 aromatic heterocycles. The van der Waals surface area contributed by atoms with Crippen LogP contribution in [0.3, 0.4) is 0 Å². The van der Waals surface area contributed by atoms with Crippen LogP contribution in [0.1, 0.15) is 32.8 Å². The fourth-order valence-corrected chi connectivity index (χ4v) is 3.51. The summed E-state index contributed by atoms with van der Waals surface area (Å²) in [7, 11) is 0. The van der Waals surface area contributed by atoms with E-state index in [1.165, 1.54) is 0 Å². The molecule has 0 saturated carbocycles. The van der Waals surface area contributed by atoms with Crippen LogP contribution < -0.4 is 0 Å². The molecule has 140 valence electrons. The molecule has 1 aromatic rings. The number of fused-ring (bicyclic) bond motifs is 1. The maximum absolute atomic E-state index is 6.20. The van der Waals surface area contributed by atoms with Gasteiger partial charge in [-0.1, -0.05) is 46.3 Å². The Morgan fingerprint density at radius 2 is 1.80 bits per heavy atom. The third-order valence-corrected chi connectivity index (χ3v) is 4.97. The highest BCUT2D eigenvalue weighted by atomic mass is 79.9. The maximum atomic E-state index is 6.20. The van der Waals surface area contributed by atoms with Gasteiger partial charge in [0.2, 0.25) is 0 Å². The first-order valence-electron chi connectivity index (χ1n) is 8.84. The molecule has 2 saturated heterocycles. The van der Waals surface area contributed by atoms with Crippen LogP contribution in [0.2, 0.25) is 0 Å². The molecular formula is C19H27BrO5. The van der Waals surface area contributed by atoms with E-state index in [9.17, 15) is 0 Å². The van der Waals surface area contributed by atoms with Crippen molar-refractivity contribution < 1.29 is 23.7 Å². The van der Waals surface area contributed by atoms with Crippen molar-refractivity contribution in [3.05, 3.63) is 35.9 Å². The average Bonchev–Trinajstić information content (AvgIpc) is 2.91. The van der Waals surface area contributed by atoms with Crippen LogP contribution in [-0.4, -0.2) is 48.4 Å². The molecule has 1 aromatic carbocycles. The van der Waals surface area contributed by atoms with Gasteiger partial charge in [-0.2, -0.15) is 0 Å². The van der Waals surface area contributed by atoms with E-state index in [0.717, 1.165) is 17.3 Å². The third-order valence-electron chi connectivity index (χ3n) is 4.41. The maximum Gasteiger partial charge on any atom is 0.186 e. The molecule has 0 N–H and O–H groups in total. The molecule has 5 atom stereocenters. The van der Waals surface area contributed by atoms with Crippen molar-refractivity contribution in [2.75, 3.05) is 11.9 Å². The van der Waals surface area contributed by atoms with Crippen molar-refractivity contribution in [2.45, 2.75) is 70.3 Å². The van der Waals surface area contributed by atoms with Crippen molar-refractivity contribution in [1.82, 2.24) is 0 Å². The number of ether oxygens (including phenoxy) is 5. The van der Waals surface area contributed by atoms with Gasteiger partial charge >= 0.3 is 0 Å². The van der Waals surface area contributed by atoms with Crippen LogP contribution >= 0.6 is 15.9 Å². The Labute approximate surface area is 158 Å². The van der Waals surface area contributed by atoms with E-state index < -0.39 is 12.1 Å². The van der Waals surface area contributed by atoms with Gasteiger partial charge in [-0.05, 0) is 32.8 Å². The van der Waals surface area contributed by atoms with Gasteiger partial charge in [0.25, 0.3) is 0 Å². The van der Waals surface area contributed by atoms with E-state index in [-0.39, 0.29) is 24.4 Å². The Bertz CT molecular complexity index is 538. The molecule has 2 fully saturated rings. The van der Waals surface area contributed by atoms with Crippen molar-refractivity contribution in [3.63, 3.8) is 0 Å². The molecule has 2 aliphatic rings. The lowest BCUT2D eigenvalue weighted by Gasteiger charge is -2.40. The average molecular weight is 415 g/mol. The van der Waals surface area contributed by atoms with E-state index >= 15 is 0 Å². The molecule has 3 rings (SSSR count). The number of hydrogen-bond acceptors (Lipinski definition) is 5. The van der Waals surface area contributed by atoms with Gasteiger partial charge in [-0.25, -0.2) is 0 Å². The summed E-state index contributed by atoms with van der Waals surface area (Å²) >= 11 is 3.43. The quantitative estimate of drug-likeness (QED) is 0.503. The highest BCUT2D eigenvalue weighted by Gasteiger charge is 2.54. The van der Waals surface area contributed by atoms with Crippen molar-refractivity contribution in [3.8, 4) is 0 Å². The first-order valence-corrected chi connectivity index (χ1v) is 9.96. The Morgan fingerprint density at radius 3 is 2.52 bits per heavy atom. The molecule has 6 heteroatoms. The lowest BCUT2D eigenvalue weighted by Crippen LogP contribution is -2.57. The summed E-state index contributed by atoms with van der Waals surface area (Å²) in [5.74, 6) is -0.647. The summed E-state index contributed by atoms with van der Waals surface area (Å²) in [5, 5.41) is 0.892. The van der Waals surface area contributed by atoms with Crippen molar-refractivity contribution in [2.24, 2.45) is 0 Å². The topological polar surface area (TPSA) is 46.2 Å². The zero-order chi connectivity index (χ0) is 17.9. The van der Waals surface area contributed by atoms with Crippen molar-refractivity contribution >= 4 is 15.9 Å². The molecule has 25 heavy (non-hydrogen) atoms. The van der Waals surface area contributed by atoms with Gasteiger partial charge in [0.15, 0.2) is 12.1 Å². The number of benzene rings is 1. The molecule has 0 amide bonds. The zero-order valence-corrected chi connectivity index (χ0v) is 16.6. The Balaban J connectivity index is 1.72. The molecule has 2 aliphatic heterocycles. The fraction of sp³-hybridized carbons (Fsp3) is 0.684. The third kappa shape index (κ3) is 4.81. The smallest absolute Gasteiger partial charge is 0.186 e. The summed E-state index contributed by atoms with van der Waals surface area (Å²) in [6.45, 7) is 6.93. The van der Waals surface area contributed by atoms with Crippen LogP contribution in [0.5, 0.6) is 0 Å². The van der Waals surface area contributed by atoms with Gasteiger partial charge in [-0.3, -0.25) is 0 Å². The Kier molecular flexibility index (Phi) is 6.52. The lowest BCUT2D eigenvalue weighted by molar-refractivity contribution is -0.286. The second-order valence-electron chi connectivity index (χ2n) is 6.95. The Morgan fingerprint density at radius 1 is 1.08 bits per heavy atom. The largest absolute Gasteiger partial charge is 0.365 e. The predicted molar refractivity (Wildman–Crippen MR) is 97.5 cm³/mol. The van der Waals surface area contributed by atoms with E-state index in [2.05, 4.69) is 15.9 Å². The summed E-state index contributed by atoms with van der Waals surface area (Å²) in [6, 6.07) is 10.1. The molecule has 0 aliphatic carbocycles. The van der Waals surface area contributed by atoms with Gasteiger partial charge in [0, 0.05) is 5.33 Å². The lowest BCUT2D eigenvalue weighted by atomic mass is 9.99. The minimum Gasteiger partial charge on any atom is -0.365 e. The molecule has 0 spiro atoms. The van der Waals surface area contributed by atoms with E-state index in [1.807, 2.05) is 51.1 Å². The predicted octanol–water partition coefficient (Wildman–Crippen LogP) is 3.64. The number of halogens is 1. The Hall–Kier alpha value is -0.500.